The van der Waals surface area contributed by atoms with Crippen molar-refractivity contribution in [3.63, 3.8) is 0 Å². The molecular formula is C18H13Cl2N3O4. The zero-order valence-electron chi connectivity index (χ0n) is 14.0. The van der Waals surface area contributed by atoms with Gasteiger partial charge in [-0.05, 0) is 35.9 Å². The first-order valence-corrected chi connectivity index (χ1v) is 8.70. The molecule has 2 N–H and O–H groups in total. The number of hydrogen-bond acceptors (Lipinski definition) is 4. The molecule has 2 aliphatic heterocycles. The zero-order valence-corrected chi connectivity index (χ0v) is 15.5. The molecule has 1 saturated heterocycles. The van der Waals surface area contributed by atoms with Crippen LogP contribution in [0.4, 0.5) is 10.5 Å². The lowest BCUT2D eigenvalue weighted by Gasteiger charge is -2.21. The number of nitrogens with one attached hydrogen (secondary N) is 2. The molecule has 0 aromatic heterocycles. The van der Waals surface area contributed by atoms with Crippen molar-refractivity contribution in [1.29, 1.82) is 0 Å². The molecule has 27 heavy (non-hydrogen) atoms. The van der Waals surface area contributed by atoms with Gasteiger partial charge in [0, 0.05) is 5.56 Å². The highest BCUT2D eigenvalue weighted by Crippen LogP contribution is 2.44. The molecular weight excluding hydrogens is 393 g/mol. The number of carbonyl (C=O) groups is 3. The monoisotopic (exact) mass is 405 g/mol. The van der Waals surface area contributed by atoms with E-state index in [0.29, 0.717) is 27.0 Å². The predicted molar refractivity (Wildman–Crippen MR) is 99.0 cm³/mol. The fourth-order valence-corrected chi connectivity index (χ4v) is 3.70. The van der Waals surface area contributed by atoms with Crippen LogP contribution in [0.1, 0.15) is 11.1 Å². The van der Waals surface area contributed by atoms with Crippen LogP contribution < -0.4 is 20.3 Å². The second-order valence-electron chi connectivity index (χ2n) is 6.18. The standard InChI is InChI=1S/C18H13Cl2N3O4/c1-27-10-3-5-14-11(7-10)18(15(24)21-17(26)22-18)16(25)23(14)8-9-2-4-12(19)13(20)6-9/h2-7H,8H2,1H3,(H2,21,22,24,26). The lowest BCUT2D eigenvalue weighted by molar-refractivity contribution is -0.134. The Kier molecular flexibility index (Phi) is 4.01. The van der Waals surface area contributed by atoms with Gasteiger partial charge >= 0.3 is 6.03 Å². The van der Waals surface area contributed by atoms with Crippen LogP contribution in [0.5, 0.6) is 5.75 Å². The van der Waals surface area contributed by atoms with E-state index < -0.39 is 23.4 Å². The van der Waals surface area contributed by atoms with Crippen molar-refractivity contribution < 1.29 is 19.1 Å². The number of benzene rings is 2. The average molecular weight is 406 g/mol. The van der Waals surface area contributed by atoms with Crippen molar-refractivity contribution in [2.45, 2.75) is 12.1 Å². The summed E-state index contributed by atoms with van der Waals surface area (Å²) in [5, 5.41) is 5.38. The van der Waals surface area contributed by atoms with Crippen LogP contribution in [0.3, 0.4) is 0 Å². The molecule has 2 heterocycles. The van der Waals surface area contributed by atoms with Gasteiger partial charge in [-0.2, -0.15) is 0 Å². The van der Waals surface area contributed by atoms with E-state index in [1.54, 1.807) is 36.4 Å². The third kappa shape index (κ3) is 2.54. The van der Waals surface area contributed by atoms with E-state index >= 15 is 0 Å². The summed E-state index contributed by atoms with van der Waals surface area (Å²) in [5.41, 5.74) is -0.224. The summed E-state index contributed by atoms with van der Waals surface area (Å²) in [7, 11) is 1.48. The number of methoxy groups -OCH3 is 1. The molecule has 0 aliphatic carbocycles. The highest BCUT2D eigenvalue weighted by Gasteiger charge is 2.61. The van der Waals surface area contributed by atoms with Gasteiger partial charge in [0.1, 0.15) is 5.75 Å². The maximum atomic E-state index is 13.2. The summed E-state index contributed by atoms with van der Waals surface area (Å²) >= 11 is 12.0. The van der Waals surface area contributed by atoms with E-state index in [9.17, 15) is 14.4 Å². The molecule has 4 amide bonds. The minimum atomic E-state index is -1.81. The fraction of sp³-hybridized carbons (Fsp3) is 0.167. The van der Waals surface area contributed by atoms with Gasteiger partial charge in [0.05, 0.1) is 29.4 Å². The van der Waals surface area contributed by atoms with Crippen molar-refractivity contribution in [2.75, 3.05) is 12.0 Å². The van der Waals surface area contributed by atoms with Gasteiger partial charge in [-0.1, -0.05) is 29.3 Å². The lowest BCUT2D eigenvalue weighted by atomic mass is 9.91. The number of imide groups is 1. The van der Waals surface area contributed by atoms with E-state index in [1.807, 2.05) is 0 Å². The molecule has 138 valence electrons. The summed E-state index contributed by atoms with van der Waals surface area (Å²) in [6.07, 6.45) is 0. The third-order valence-corrected chi connectivity index (χ3v) is 5.40. The Balaban J connectivity index is 1.83. The van der Waals surface area contributed by atoms with E-state index in [1.165, 1.54) is 12.0 Å². The summed E-state index contributed by atoms with van der Waals surface area (Å²) < 4.78 is 5.22. The SMILES string of the molecule is COc1ccc2c(c1)C1(NC(=O)NC1=O)C(=O)N2Cc1ccc(Cl)c(Cl)c1. The summed E-state index contributed by atoms with van der Waals surface area (Å²) in [6.45, 7) is 0.153. The number of anilines is 1. The fourth-order valence-electron chi connectivity index (χ4n) is 3.38. The molecule has 1 spiro atoms. The van der Waals surface area contributed by atoms with Gasteiger partial charge < -0.3 is 15.0 Å². The van der Waals surface area contributed by atoms with Gasteiger partial charge in [0.25, 0.3) is 11.8 Å². The highest BCUT2D eigenvalue weighted by atomic mass is 35.5. The molecule has 7 nitrogen and oxygen atoms in total. The number of urea groups is 1. The van der Waals surface area contributed by atoms with Crippen LogP contribution >= 0.6 is 23.2 Å². The normalized spacial score (nSPS) is 20.7. The Hall–Kier alpha value is -2.77. The molecule has 1 fully saturated rings. The summed E-state index contributed by atoms with van der Waals surface area (Å²) in [5.74, 6) is -0.810. The van der Waals surface area contributed by atoms with E-state index in [0.717, 1.165) is 5.56 Å². The number of fused-ring (bicyclic) bond motifs is 2. The van der Waals surface area contributed by atoms with Crippen molar-refractivity contribution in [2.24, 2.45) is 0 Å². The first-order valence-electron chi connectivity index (χ1n) is 7.95. The number of hydrogen-bond donors (Lipinski definition) is 2. The average Bonchev–Trinajstić information content (AvgIpc) is 3.07. The van der Waals surface area contributed by atoms with Crippen molar-refractivity contribution in [3.05, 3.63) is 57.6 Å². The van der Waals surface area contributed by atoms with Crippen molar-refractivity contribution in [1.82, 2.24) is 10.6 Å². The topological polar surface area (TPSA) is 87.7 Å². The first kappa shape index (κ1) is 17.6. The van der Waals surface area contributed by atoms with Gasteiger partial charge in [0.15, 0.2) is 0 Å². The number of ether oxygens (including phenoxy) is 1. The summed E-state index contributed by atoms with van der Waals surface area (Å²) in [4.78, 5) is 39.0. The molecule has 2 aliphatic rings. The van der Waals surface area contributed by atoms with Crippen molar-refractivity contribution in [3.8, 4) is 5.75 Å². The van der Waals surface area contributed by atoms with Crippen LogP contribution in [-0.4, -0.2) is 25.0 Å². The van der Waals surface area contributed by atoms with Gasteiger partial charge in [0.2, 0.25) is 5.54 Å². The maximum absolute atomic E-state index is 13.2. The van der Waals surface area contributed by atoms with Gasteiger partial charge in [-0.15, -0.1) is 0 Å². The second-order valence-corrected chi connectivity index (χ2v) is 7.00. The zero-order chi connectivity index (χ0) is 19.3. The molecule has 0 radical (unpaired) electrons. The first-order chi connectivity index (χ1) is 12.9. The number of halogens is 2. The quantitative estimate of drug-likeness (QED) is 0.606. The van der Waals surface area contributed by atoms with E-state index in [2.05, 4.69) is 10.6 Å². The largest absolute Gasteiger partial charge is 0.497 e. The summed E-state index contributed by atoms with van der Waals surface area (Å²) in [6, 6.07) is 9.24. The Labute approximate surface area is 164 Å². The molecule has 0 saturated carbocycles. The van der Waals surface area contributed by atoms with Gasteiger partial charge in [-0.3, -0.25) is 14.9 Å². The third-order valence-electron chi connectivity index (χ3n) is 4.66. The van der Waals surface area contributed by atoms with Crippen LogP contribution in [0.2, 0.25) is 10.0 Å². The molecule has 1 atom stereocenters. The Morgan fingerprint density at radius 1 is 1.07 bits per heavy atom. The molecule has 1 unspecified atom stereocenters. The second kappa shape index (κ2) is 6.14. The van der Waals surface area contributed by atoms with E-state index in [-0.39, 0.29) is 6.54 Å². The lowest BCUT2D eigenvalue weighted by Crippen LogP contribution is -2.52. The molecule has 4 rings (SSSR count). The minimum absolute atomic E-state index is 0.153. The Morgan fingerprint density at radius 2 is 1.85 bits per heavy atom. The molecule has 0 bridgehead atoms. The van der Waals surface area contributed by atoms with Crippen LogP contribution in [0.15, 0.2) is 36.4 Å². The smallest absolute Gasteiger partial charge is 0.323 e. The predicted octanol–water partition coefficient (Wildman–Crippen LogP) is 2.58. The Bertz CT molecular complexity index is 1010. The van der Waals surface area contributed by atoms with Crippen molar-refractivity contribution >= 4 is 46.7 Å². The van der Waals surface area contributed by atoms with Crippen LogP contribution in [0.25, 0.3) is 0 Å². The van der Waals surface area contributed by atoms with Crippen LogP contribution in [0, 0.1) is 0 Å². The van der Waals surface area contributed by atoms with Gasteiger partial charge in [-0.25, -0.2) is 4.79 Å². The maximum Gasteiger partial charge on any atom is 0.323 e. The number of carbonyl (C=O) groups excluding carboxylic acids is 3. The Morgan fingerprint density at radius 3 is 2.48 bits per heavy atom. The minimum Gasteiger partial charge on any atom is -0.497 e. The number of amides is 4. The molecule has 9 heteroatoms. The molecule has 2 aromatic rings. The highest BCUT2D eigenvalue weighted by molar-refractivity contribution is 6.42. The van der Waals surface area contributed by atoms with Crippen LogP contribution in [-0.2, 0) is 21.7 Å². The number of nitrogens with zero attached hydrogens (tertiary/aromatic N) is 1. The molecule has 2 aromatic carbocycles. The van der Waals surface area contributed by atoms with E-state index in [4.69, 9.17) is 27.9 Å². The number of rotatable bonds is 3.